The van der Waals surface area contributed by atoms with Gasteiger partial charge in [-0.2, -0.15) is 0 Å². The van der Waals surface area contributed by atoms with Crippen LogP contribution in [0.25, 0.3) is 0 Å². The molecule has 2 aromatic carbocycles. The molecule has 0 aliphatic heterocycles. The summed E-state index contributed by atoms with van der Waals surface area (Å²) in [7, 11) is 0. The zero-order valence-electron chi connectivity index (χ0n) is 11.3. The van der Waals surface area contributed by atoms with Gasteiger partial charge in [-0.25, -0.2) is 0 Å². The molecule has 0 fully saturated rings. The van der Waals surface area contributed by atoms with E-state index in [1.54, 1.807) is 0 Å². The van der Waals surface area contributed by atoms with Crippen LogP contribution in [-0.4, -0.2) is 18.3 Å². The van der Waals surface area contributed by atoms with E-state index in [0.29, 0.717) is 0 Å². The van der Waals surface area contributed by atoms with E-state index in [0.717, 1.165) is 24.3 Å². The lowest BCUT2D eigenvalue weighted by atomic mass is 10.1. The average Bonchev–Trinajstić information content (AvgIpc) is 2.43. The number of nitrogens with one attached hydrogen (secondary N) is 1. The van der Waals surface area contributed by atoms with Gasteiger partial charge in [-0.3, -0.25) is 0 Å². The summed E-state index contributed by atoms with van der Waals surface area (Å²) in [4.78, 5) is 0. The molecule has 3 nitrogen and oxygen atoms in total. The molecule has 0 unspecified atom stereocenters. The molecule has 0 aliphatic rings. The largest absolute Gasteiger partial charge is 0.399 e. The summed E-state index contributed by atoms with van der Waals surface area (Å²) in [6.45, 7) is 3.20. The van der Waals surface area contributed by atoms with Gasteiger partial charge in [0.2, 0.25) is 0 Å². The molecule has 102 valence electrons. The fourth-order valence-electron chi connectivity index (χ4n) is 1.67. The van der Waals surface area contributed by atoms with Crippen LogP contribution in [0, 0.1) is 0 Å². The van der Waals surface area contributed by atoms with E-state index in [2.05, 4.69) is 12.2 Å². The molecule has 19 heavy (non-hydrogen) atoms. The normalized spacial score (nSPS) is 9.37. The highest BCUT2D eigenvalue weighted by atomic mass is 16.2. The van der Waals surface area contributed by atoms with E-state index in [-0.39, 0.29) is 6.61 Å². The summed E-state index contributed by atoms with van der Waals surface area (Å²) in [6, 6.07) is 17.6. The summed E-state index contributed by atoms with van der Waals surface area (Å²) >= 11 is 0. The van der Waals surface area contributed by atoms with Gasteiger partial charge in [0, 0.05) is 24.5 Å². The van der Waals surface area contributed by atoms with Crippen molar-refractivity contribution in [2.45, 2.75) is 13.3 Å². The van der Waals surface area contributed by atoms with Gasteiger partial charge in [-0.05, 0) is 37.1 Å². The molecule has 2 aromatic rings. The predicted octanol–water partition coefficient (Wildman–Crippen LogP) is 2.92. The summed E-state index contributed by atoms with van der Waals surface area (Å²) in [5.74, 6) is 0. The number of aliphatic hydroxyl groups is 1. The smallest absolute Gasteiger partial charge is 0.0472 e. The van der Waals surface area contributed by atoms with Crippen LogP contribution in [-0.2, 0) is 6.42 Å². The Bertz CT molecular complexity index is 432. The Morgan fingerprint density at radius 2 is 1.63 bits per heavy atom. The number of aliphatic hydroxyl groups excluding tert-OH is 1. The van der Waals surface area contributed by atoms with Crippen molar-refractivity contribution in [2.24, 2.45) is 0 Å². The van der Waals surface area contributed by atoms with Crippen molar-refractivity contribution in [3.05, 3.63) is 60.2 Å². The third kappa shape index (κ3) is 5.93. The van der Waals surface area contributed by atoms with Crippen molar-refractivity contribution in [1.82, 2.24) is 0 Å². The van der Waals surface area contributed by atoms with Crippen molar-refractivity contribution in [3.63, 3.8) is 0 Å². The van der Waals surface area contributed by atoms with Crippen LogP contribution in [0.5, 0.6) is 0 Å². The Hall–Kier alpha value is -2.00. The topological polar surface area (TPSA) is 58.3 Å². The molecule has 4 N–H and O–H groups in total. The van der Waals surface area contributed by atoms with Gasteiger partial charge in [0.15, 0.2) is 0 Å². The van der Waals surface area contributed by atoms with Crippen LogP contribution < -0.4 is 11.1 Å². The molecular formula is C16H22N2O. The number of hydrogen-bond acceptors (Lipinski definition) is 3. The fraction of sp³-hybridized carbons (Fsp3) is 0.250. The Labute approximate surface area is 115 Å². The maximum absolute atomic E-state index is 8.78. The standard InChI is InChI=1S/C10H15NO.C6H7N/c1-2-11-10-6-4-3-5-9(10)7-8-12;7-6-4-2-1-3-5-6/h3-6,11-12H,2,7-8H2,1H3;1-5H,7H2. The third-order valence-electron chi connectivity index (χ3n) is 2.57. The van der Waals surface area contributed by atoms with Crippen LogP contribution in [0.4, 0.5) is 11.4 Å². The van der Waals surface area contributed by atoms with E-state index in [9.17, 15) is 0 Å². The first-order valence-electron chi connectivity index (χ1n) is 6.51. The van der Waals surface area contributed by atoms with Crippen molar-refractivity contribution in [1.29, 1.82) is 0 Å². The first-order chi connectivity index (χ1) is 9.27. The lowest BCUT2D eigenvalue weighted by Gasteiger charge is -2.08. The van der Waals surface area contributed by atoms with Crippen molar-refractivity contribution in [3.8, 4) is 0 Å². The minimum absolute atomic E-state index is 0.211. The molecule has 3 heteroatoms. The van der Waals surface area contributed by atoms with E-state index in [1.165, 1.54) is 5.56 Å². The second kappa shape index (κ2) is 9.00. The Morgan fingerprint density at radius 1 is 1.00 bits per heavy atom. The highest BCUT2D eigenvalue weighted by molar-refractivity contribution is 5.51. The highest BCUT2D eigenvalue weighted by Gasteiger charge is 1.97. The molecule has 0 heterocycles. The van der Waals surface area contributed by atoms with E-state index < -0.39 is 0 Å². The zero-order valence-corrected chi connectivity index (χ0v) is 11.3. The lowest BCUT2D eigenvalue weighted by molar-refractivity contribution is 0.300. The molecule has 2 rings (SSSR count). The molecule has 0 amide bonds. The SMILES string of the molecule is CCNc1ccccc1CCO.Nc1ccccc1. The molecule has 0 bridgehead atoms. The van der Waals surface area contributed by atoms with Gasteiger partial charge in [0.25, 0.3) is 0 Å². The van der Waals surface area contributed by atoms with E-state index in [1.807, 2.05) is 54.6 Å². The predicted molar refractivity (Wildman–Crippen MR) is 82.2 cm³/mol. The van der Waals surface area contributed by atoms with Crippen LogP contribution in [0.2, 0.25) is 0 Å². The average molecular weight is 258 g/mol. The van der Waals surface area contributed by atoms with Crippen molar-refractivity contribution < 1.29 is 5.11 Å². The van der Waals surface area contributed by atoms with Crippen LogP contribution in [0.1, 0.15) is 12.5 Å². The molecular weight excluding hydrogens is 236 g/mol. The first kappa shape index (κ1) is 15.1. The Balaban J connectivity index is 0.000000218. The van der Waals surface area contributed by atoms with Gasteiger partial charge in [0.05, 0.1) is 0 Å². The van der Waals surface area contributed by atoms with Crippen molar-refractivity contribution >= 4 is 11.4 Å². The maximum Gasteiger partial charge on any atom is 0.0472 e. The summed E-state index contributed by atoms with van der Waals surface area (Å²) in [5, 5.41) is 12.0. The maximum atomic E-state index is 8.78. The van der Waals surface area contributed by atoms with Gasteiger partial charge in [0.1, 0.15) is 0 Å². The number of hydrogen-bond donors (Lipinski definition) is 3. The summed E-state index contributed by atoms with van der Waals surface area (Å²) in [5.41, 5.74) is 8.50. The number of para-hydroxylation sites is 2. The minimum Gasteiger partial charge on any atom is -0.399 e. The second-order valence-corrected chi connectivity index (χ2v) is 4.07. The quantitative estimate of drug-likeness (QED) is 0.739. The van der Waals surface area contributed by atoms with Crippen LogP contribution >= 0.6 is 0 Å². The molecule has 0 atom stereocenters. The number of benzene rings is 2. The zero-order chi connectivity index (χ0) is 13.9. The second-order valence-electron chi connectivity index (χ2n) is 4.07. The van der Waals surface area contributed by atoms with Gasteiger partial charge in [-0.1, -0.05) is 36.4 Å². The Morgan fingerprint density at radius 3 is 2.16 bits per heavy atom. The fourth-order valence-corrected chi connectivity index (χ4v) is 1.67. The van der Waals surface area contributed by atoms with Gasteiger partial charge < -0.3 is 16.2 Å². The van der Waals surface area contributed by atoms with E-state index >= 15 is 0 Å². The number of rotatable bonds is 4. The number of nitrogen functional groups attached to an aromatic ring is 1. The highest BCUT2D eigenvalue weighted by Crippen LogP contribution is 2.14. The molecule has 0 aliphatic carbocycles. The Kier molecular flexibility index (Phi) is 7.13. The molecule has 0 aromatic heterocycles. The molecule has 0 saturated heterocycles. The molecule has 0 spiro atoms. The van der Waals surface area contributed by atoms with Gasteiger partial charge >= 0.3 is 0 Å². The number of anilines is 2. The molecule has 0 saturated carbocycles. The monoisotopic (exact) mass is 258 g/mol. The first-order valence-corrected chi connectivity index (χ1v) is 6.51. The third-order valence-corrected chi connectivity index (χ3v) is 2.57. The molecule has 0 radical (unpaired) electrons. The van der Waals surface area contributed by atoms with Gasteiger partial charge in [-0.15, -0.1) is 0 Å². The lowest BCUT2D eigenvalue weighted by Crippen LogP contribution is -2.01. The minimum atomic E-state index is 0.211. The summed E-state index contributed by atoms with van der Waals surface area (Å²) in [6.07, 6.45) is 0.725. The van der Waals surface area contributed by atoms with E-state index in [4.69, 9.17) is 10.8 Å². The summed E-state index contributed by atoms with van der Waals surface area (Å²) < 4.78 is 0. The van der Waals surface area contributed by atoms with Crippen LogP contribution in [0.3, 0.4) is 0 Å². The van der Waals surface area contributed by atoms with Crippen molar-refractivity contribution in [2.75, 3.05) is 24.2 Å². The van der Waals surface area contributed by atoms with Crippen LogP contribution in [0.15, 0.2) is 54.6 Å². The number of nitrogens with two attached hydrogens (primary N) is 1.